The number of unbranched alkanes of at least 4 members (excludes halogenated alkanes) is 9. The molecule has 0 fully saturated rings. The van der Waals surface area contributed by atoms with Gasteiger partial charge in [-0.1, -0.05) is 78.6 Å². The van der Waals surface area contributed by atoms with E-state index in [4.69, 9.17) is 17.2 Å². The van der Waals surface area contributed by atoms with Crippen molar-refractivity contribution in [2.75, 3.05) is 19.6 Å². The van der Waals surface area contributed by atoms with Gasteiger partial charge in [0.15, 0.2) is 0 Å². The Morgan fingerprint density at radius 2 is 0.667 bits per heavy atom. The highest BCUT2D eigenvalue weighted by Gasteiger charge is 1.81. The molecule has 0 amide bonds. The summed E-state index contributed by atoms with van der Waals surface area (Å²) < 4.78 is 0. The molecule has 3 nitrogen and oxygen atoms in total. The minimum Gasteiger partial charge on any atom is -0.330 e. The summed E-state index contributed by atoms with van der Waals surface area (Å²) in [4.78, 5) is 0. The molecule has 0 atom stereocenters. The van der Waals surface area contributed by atoms with Gasteiger partial charge in [-0.25, -0.2) is 0 Å². The lowest BCUT2D eigenvalue weighted by Crippen LogP contribution is -1.97. The van der Waals surface area contributed by atoms with E-state index < -0.39 is 0 Å². The highest BCUT2D eigenvalue weighted by atomic mass is 79.9. The first-order valence-corrected chi connectivity index (χ1v) is 9.35. The monoisotopic (exact) mass is 439 g/mol. The first-order valence-electron chi connectivity index (χ1n) is 9.35. The Balaban J connectivity index is -0.0000000476. The molecule has 24 heavy (non-hydrogen) atoms. The van der Waals surface area contributed by atoms with Crippen molar-refractivity contribution in [2.24, 2.45) is 17.2 Å². The van der Waals surface area contributed by atoms with Gasteiger partial charge in [-0.05, 0) is 38.9 Å². The van der Waals surface area contributed by atoms with Gasteiger partial charge in [0.05, 0.1) is 0 Å². The van der Waals surface area contributed by atoms with Gasteiger partial charge in [-0.2, -0.15) is 0 Å². The van der Waals surface area contributed by atoms with Crippen LogP contribution < -0.4 is 17.2 Å². The lowest BCUT2D eigenvalue weighted by Gasteiger charge is -1.90. The first kappa shape index (κ1) is 39.6. The molecule has 0 saturated carbocycles. The highest BCUT2D eigenvalue weighted by molar-refractivity contribution is 8.93. The molecule has 0 saturated heterocycles. The van der Waals surface area contributed by atoms with Gasteiger partial charge in [-0.3, -0.25) is 4.70 Å². The zero-order valence-electron chi connectivity index (χ0n) is 16.6. The Hall–Kier alpha value is 0.580. The Kier molecular flexibility index (Phi) is 81.7. The van der Waals surface area contributed by atoms with Gasteiger partial charge in [-0.15, -0.1) is 29.4 Å². The van der Waals surface area contributed by atoms with Crippen LogP contribution in [0.2, 0.25) is 0 Å². The fourth-order valence-corrected chi connectivity index (χ4v) is 1.71. The first-order chi connectivity index (χ1) is 10.2. The fourth-order valence-electron chi connectivity index (χ4n) is 1.71. The number of rotatable bonds is 12. The Morgan fingerprint density at radius 1 is 0.458 bits per heavy atom. The summed E-state index contributed by atoms with van der Waals surface area (Å²) in [5.74, 6) is 0. The second-order valence-corrected chi connectivity index (χ2v) is 5.55. The van der Waals surface area contributed by atoms with Crippen LogP contribution in [0, 0.1) is 0 Å². The largest absolute Gasteiger partial charge is 0.330 e. The van der Waals surface area contributed by atoms with E-state index in [1.165, 1.54) is 77.0 Å². The van der Waals surface area contributed by atoms with Crippen LogP contribution in [-0.2, 0) is 0 Å². The van der Waals surface area contributed by atoms with Crippen molar-refractivity contribution in [3.63, 3.8) is 0 Å². The van der Waals surface area contributed by atoms with Gasteiger partial charge in [0.2, 0.25) is 0 Å². The molecule has 0 heterocycles. The molecule has 0 spiro atoms. The summed E-state index contributed by atoms with van der Waals surface area (Å²) in [6, 6.07) is 0. The fraction of sp³-hybridized carbons (Fsp3) is 1.00. The SMILES string of the molecule is Br.CCCCCCN.CCCCCCN.CCCCCCN.Cl.F. The molecule has 6 N–H and O–H groups in total. The summed E-state index contributed by atoms with van der Waals surface area (Å²) >= 11 is 0. The van der Waals surface area contributed by atoms with E-state index in [2.05, 4.69) is 20.8 Å². The Morgan fingerprint density at radius 3 is 0.792 bits per heavy atom. The molecule has 0 bridgehead atoms. The van der Waals surface area contributed by atoms with Crippen LogP contribution in [0.4, 0.5) is 4.70 Å². The van der Waals surface area contributed by atoms with Crippen LogP contribution in [0.25, 0.3) is 0 Å². The van der Waals surface area contributed by atoms with Crippen LogP contribution in [0.3, 0.4) is 0 Å². The molecule has 0 aromatic carbocycles. The van der Waals surface area contributed by atoms with Crippen LogP contribution in [-0.4, -0.2) is 19.6 Å². The lowest BCUT2D eigenvalue weighted by atomic mass is 10.2. The second-order valence-electron chi connectivity index (χ2n) is 5.55. The van der Waals surface area contributed by atoms with E-state index in [1.54, 1.807) is 0 Å². The molecule has 0 radical (unpaired) electrons. The Bertz CT molecular complexity index is 112. The third-order valence-corrected chi connectivity index (χ3v) is 3.17. The van der Waals surface area contributed by atoms with E-state index in [-0.39, 0.29) is 34.1 Å². The van der Waals surface area contributed by atoms with Gasteiger partial charge >= 0.3 is 0 Å². The van der Waals surface area contributed by atoms with Crippen molar-refractivity contribution < 1.29 is 4.70 Å². The van der Waals surface area contributed by atoms with Crippen molar-refractivity contribution in [3.8, 4) is 0 Å². The third kappa shape index (κ3) is 66.4. The molecular formula is C18H48BrClFN3. The summed E-state index contributed by atoms with van der Waals surface area (Å²) in [5.41, 5.74) is 15.8. The molecule has 0 aromatic heterocycles. The summed E-state index contributed by atoms with van der Waals surface area (Å²) in [6.07, 6.45) is 15.5. The van der Waals surface area contributed by atoms with Gasteiger partial charge in [0.25, 0.3) is 0 Å². The van der Waals surface area contributed by atoms with Crippen molar-refractivity contribution in [3.05, 3.63) is 0 Å². The molecule has 0 aliphatic heterocycles. The molecular weight excluding hydrogens is 393 g/mol. The number of nitrogens with two attached hydrogens (primary N) is 3. The molecule has 0 unspecified atom stereocenters. The normalized spacial score (nSPS) is 8.25. The molecule has 0 aromatic rings. The van der Waals surface area contributed by atoms with Crippen LogP contribution in [0.5, 0.6) is 0 Å². The Labute approximate surface area is 168 Å². The van der Waals surface area contributed by atoms with Crippen molar-refractivity contribution in [2.45, 2.75) is 97.8 Å². The minimum atomic E-state index is 0. The highest BCUT2D eigenvalue weighted by Crippen LogP contribution is 1.96. The zero-order valence-corrected chi connectivity index (χ0v) is 19.1. The lowest BCUT2D eigenvalue weighted by molar-refractivity contribution is 0.674. The summed E-state index contributed by atoms with van der Waals surface area (Å²) in [7, 11) is 0. The maximum Gasteiger partial charge on any atom is -0.00773 e. The average Bonchev–Trinajstić information content (AvgIpc) is 2.50. The molecule has 0 aliphatic carbocycles. The van der Waals surface area contributed by atoms with Gasteiger partial charge < -0.3 is 17.2 Å². The van der Waals surface area contributed by atoms with Gasteiger partial charge in [0, 0.05) is 0 Å². The molecule has 0 rings (SSSR count). The third-order valence-electron chi connectivity index (χ3n) is 3.17. The van der Waals surface area contributed by atoms with Crippen molar-refractivity contribution in [1.29, 1.82) is 0 Å². The van der Waals surface area contributed by atoms with E-state index in [0.717, 1.165) is 19.6 Å². The van der Waals surface area contributed by atoms with Crippen molar-refractivity contribution >= 4 is 29.4 Å². The maximum absolute atomic E-state index is 5.27. The van der Waals surface area contributed by atoms with Crippen LogP contribution in [0.1, 0.15) is 97.8 Å². The predicted octanol–water partition coefficient (Wildman–Crippen LogP) is 5.73. The van der Waals surface area contributed by atoms with E-state index in [1.807, 2.05) is 0 Å². The topological polar surface area (TPSA) is 78.1 Å². The number of hydrogen-bond acceptors (Lipinski definition) is 3. The summed E-state index contributed by atoms with van der Waals surface area (Å²) in [5, 5.41) is 0. The van der Waals surface area contributed by atoms with Crippen molar-refractivity contribution in [1.82, 2.24) is 0 Å². The molecule has 6 heteroatoms. The number of halogens is 3. The molecule has 156 valence electrons. The minimum absolute atomic E-state index is 0. The zero-order chi connectivity index (χ0) is 16.6. The standard InChI is InChI=1S/3C6H15N.BrH.ClH.FH/c3*1-2-3-4-5-6-7;;;/h3*2-7H2,1H3;3*1H. The number of hydrogen-bond donors (Lipinski definition) is 3. The quantitative estimate of drug-likeness (QED) is 0.339. The maximum atomic E-state index is 5.27. The van der Waals surface area contributed by atoms with Crippen LogP contribution >= 0.6 is 29.4 Å². The van der Waals surface area contributed by atoms with Crippen LogP contribution in [0.15, 0.2) is 0 Å². The smallest absolute Gasteiger partial charge is 0.00773 e. The van der Waals surface area contributed by atoms with E-state index in [0.29, 0.717) is 0 Å². The average molecular weight is 441 g/mol. The molecule has 0 aliphatic rings. The van der Waals surface area contributed by atoms with E-state index in [9.17, 15) is 0 Å². The second kappa shape index (κ2) is 49.5. The van der Waals surface area contributed by atoms with E-state index >= 15 is 0 Å². The summed E-state index contributed by atoms with van der Waals surface area (Å²) in [6.45, 7) is 9.20. The van der Waals surface area contributed by atoms with Gasteiger partial charge in [0.1, 0.15) is 0 Å². The predicted molar refractivity (Wildman–Crippen MR) is 120 cm³/mol.